The second kappa shape index (κ2) is 14.5. The number of amides is 2. The summed E-state index contributed by atoms with van der Waals surface area (Å²) in [4.78, 5) is 38.1. The van der Waals surface area contributed by atoms with E-state index in [4.69, 9.17) is 25.4 Å². The number of carbonyl (C=O) groups excluding carboxylic acids is 3. The Labute approximate surface area is 238 Å². The third kappa shape index (κ3) is 8.29. The van der Waals surface area contributed by atoms with Crippen molar-refractivity contribution in [2.24, 2.45) is 5.73 Å². The van der Waals surface area contributed by atoms with E-state index in [1.54, 1.807) is 62.6 Å². The lowest BCUT2D eigenvalue weighted by Gasteiger charge is -2.22. The molecule has 2 atom stereocenters. The summed E-state index contributed by atoms with van der Waals surface area (Å²) in [6.45, 7) is 2.14. The van der Waals surface area contributed by atoms with Crippen molar-refractivity contribution in [3.05, 3.63) is 94.5 Å². The van der Waals surface area contributed by atoms with Crippen molar-refractivity contribution in [3.8, 4) is 11.5 Å². The highest BCUT2D eigenvalue weighted by Crippen LogP contribution is 2.27. The van der Waals surface area contributed by atoms with E-state index in [0.29, 0.717) is 34.7 Å². The highest BCUT2D eigenvalue weighted by Gasteiger charge is 2.24. The smallest absolute Gasteiger partial charge is 0.337 e. The van der Waals surface area contributed by atoms with Crippen molar-refractivity contribution < 1.29 is 28.6 Å². The minimum absolute atomic E-state index is 0.0362. The number of hydrogen-bond acceptors (Lipinski definition) is 8. The lowest BCUT2D eigenvalue weighted by molar-refractivity contribution is -0.129. The van der Waals surface area contributed by atoms with E-state index >= 15 is 0 Å². The molecule has 0 fully saturated rings. The summed E-state index contributed by atoms with van der Waals surface area (Å²) in [5.41, 5.74) is 8.72. The van der Waals surface area contributed by atoms with E-state index < -0.39 is 24.0 Å². The first-order valence-corrected chi connectivity index (χ1v) is 12.8. The van der Waals surface area contributed by atoms with Crippen LogP contribution in [0.25, 0.3) is 0 Å². The van der Waals surface area contributed by atoms with Crippen molar-refractivity contribution in [1.82, 2.24) is 16.0 Å². The first-order chi connectivity index (χ1) is 19.7. The third-order valence-electron chi connectivity index (χ3n) is 6.37. The fourth-order valence-corrected chi connectivity index (χ4v) is 4.01. The number of carbonyl (C=O) groups is 3. The SMILES string of the molecule is COC(=O)c1ccc(C(NCc2ccc(C(=N)N)cc2)C(=O)NC(C)C(=O)NCc2ccc(OC)c(OC)c2)cc1. The minimum atomic E-state index is -0.838. The number of benzene rings is 3. The Morgan fingerprint density at radius 1 is 0.805 bits per heavy atom. The van der Waals surface area contributed by atoms with Crippen LogP contribution < -0.4 is 31.2 Å². The second-order valence-electron chi connectivity index (χ2n) is 9.18. The first kappa shape index (κ1) is 30.6. The molecule has 0 heterocycles. The zero-order valence-electron chi connectivity index (χ0n) is 23.4. The fraction of sp³-hybridized carbons (Fsp3) is 0.267. The molecule has 41 heavy (non-hydrogen) atoms. The van der Waals surface area contributed by atoms with E-state index in [1.807, 2.05) is 18.2 Å². The average Bonchev–Trinajstić information content (AvgIpc) is 2.99. The van der Waals surface area contributed by atoms with Crippen LogP contribution in [0.5, 0.6) is 11.5 Å². The van der Waals surface area contributed by atoms with E-state index in [2.05, 4.69) is 16.0 Å². The molecule has 0 saturated heterocycles. The molecular formula is C30H35N5O6. The van der Waals surface area contributed by atoms with Gasteiger partial charge in [0.05, 0.1) is 26.9 Å². The number of esters is 1. The van der Waals surface area contributed by atoms with Gasteiger partial charge < -0.3 is 30.6 Å². The minimum Gasteiger partial charge on any atom is -0.493 e. The van der Waals surface area contributed by atoms with Crippen LogP contribution in [-0.4, -0.2) is 51.0 Å². The van der Waals surface area contributed by atoms with Crippen LogP contribution in [0.1, 0.15) is 45.6 Å². The number of nitrogens with one attached hydrogen (secondary N) is 4. The number of nitrogens with two attached hydrogens (primary N) is 1. The molecule has 0 bridgehead atoms. The first-order valence-electron chi connectivity index (χ1n) is 12.8. The standard InChI is InChI=1S/C30H35N5O6/c1-18(28(36)34-17-20-7-14-24(39-2)25(15-20)40-3)35-29(37)26(21-10-12-23(13-11-21)30(38)41-4)33-16-19-5-8-22(9-6-19)27(31)32/h5-15,18,26,33H,16-17H2,1-4H3,(H3,31,32)(H,34,36)(H,35,37). The van der Waals surface area contributed by atoms with Crippen LogP contribution in [0.2, 0.25) is 0 Å². The Morgan fingerprint density at radius 2 is 1.41 bits per heavy atom. The molecule has 0 aromatic heterocycles. The van der Waals surface area contributed by atoms with Gasteiger partial charge in [0.25, 0.3) is 0 Å². The lowest BCUT2D eigenvalue weighted by Crippen LogP contribution is -2.48. The van der Waals surface area contributed by atoms with Crippen molar-refractivity contribution in [2.75, 3.05) is 21.3 Å². The summed E-state index contributed by atoms with van der Waals surface area (Å²) in [6, 6.07) is 17.2. The van der Waals surface area contributed by atoms with Crippen molar-refractivity contribution in [1.29, 1.82) is 5.41 Å². The second-order valence-corrected chi connectivity index (χ2v) is 9.18. The highest BCUT2D eigenvalue weighted by atomic mass is 16.5. The van der Waals surface area contributed by atoms with Crippen LogP contribution in [0.3, 0.4) is 0 Å². The van der Waals surface area contributed by atoms with Crippen LogP contribution in [0.4, 0.5) is 0 Å². The predicted octanol–water partition coefficient (Wildman–Crippen LogP) is 2.43. The normalized spacial score (nSPS) is 12.0. The van der Waals surface area contributed by atoms with Crippen LogP contribution in [-0.2, 0) is 27.4 Å². The molecule has 0 aliphatic rings. The number of nitrogen functional groups attached to an aromatic ring is 1. The maximum absolute atomic E-state index is 13.4. The summed E-state index contributed by atoms with van der Waals surface area (Å²) >= 11 is 0. The molecule has 0 aliphatic heterocycles. The number of amidine groups is 1. The van der Waals surface area contributed by atoms with Crippen LogP contribution >= 0.6 is 0 Å². The summed E-state index contributed by atoms with van der Waals surface area (Å²) in [6.07, 6.45) is 0. The summed E-state index contributed by atoms with van der Waals surface area (Å²) < 4.78 is 15.3. The number of ether oxygens (including phenoxy) is 3. The molecule has 11 nitrogen and oxygen atoms in total. The Kier molecular flexibility index (Phi) is 10.8. The van der Waals surface area contributed by atoms with Gasteiger partial charge in [0.2, 0.25) is 11.8 Å². The van der Waals surface area contributed by atoms with E-state index in [0.717, 1.165) is 11.1 Å². The lowest BCUT2D eigenvalue weighted by atomic mass is 10.0. The molecule has 3 rings (SSSR count). The topological polar surface area (TPSA) is 165 Å². The zero-order chi connectivity index (χ0) is 29.9. The molecule has 2 amide bonds. The van der Waals surface area contributed by atoms with E-state index in [9.17, 15) is 14.4 Å². The molecule has 11 heteroatoms. The Hall–Kier alpha value is -4.90. The molecule has 3 aromatic carbocycles. The van der Waals surface area contributed by atoms with Crippen molar-refractivity contribution in [3.63, 3.8) is 0 Å². The molecule has 0 saturated carbocycles. The Bertz CT molecular complexity index is 1380. The molecule has 0 aliphatic carbocycles. The quantitative estimate of drug-likeness (QED) is 0.121. The average molecular weight is 562 g/mol. The van der Waals surface area contributed by atoms with Gasteiger partial charge in [0, 0.05) is 18.7 Å². The molecular weight excluding hydrogens is 526 g/mol. The van der Waals surface area contributed by atoms with Gasteiger partial charge in [-0.1, -0.05) is 42.5 Å². The third-order valence-corrected chi connectivity index (χ3v) is 6.37. The van der Waals surface area contributed by atoms with E-state index in [-0.39, 0.29) is 18.3 Å². The predicted molar refractivity (Wildman–Crippen MR) is 154 cm³/mol. The van der Waals surface area contributed by atoms with Gasteiger partial charge in [-0.25, -0.2) is 4.79 Å². The highest BCUT2D eigenvalue weighted by molar-refractivity contribution is 5.95. The summed E-state index contributed by atoms with van der Waals surface area (Å²) in [7, 11) is 4.37. The maximum atomic E-state index is 13.4. The molecule has 6 N–H and O–H groups in total. The van der Waals surface area contributed by atoms with Gasteiger partial charge in [-0.3, -0.25) is 20.3 Å². The largest absolute Gasteiger partial charge is 0.493 e. The molecule has 3 aromatic rings. The Morgan fingerprint density at radius 3 is 2.00 bits per heavy atom. The Balaban J connectivity index is 1.70. The van der Waals surface area contributed by atoms with Crippen molar-refractivity contribution in [2.45, 2.75) is 32.1 Å². The number of hydrogen-bond donors (Lipinski definition) is 5. The number of rotatable bonds is 13. The maximum Gasteiger partial charge on any atom is 0.337 e. The van der Waals surface area contributed by atoms with Gasteiger partial charge in [-0.2, -0.15) is 0 Å². The van der Waals surface area contributed by atoms with Gasteiger partial charge in [0.15, 0.2) is 11.5 Å². The summed E-state index contributed by atoms with van der Waals surface area (Å²) in [5.74, 6) is -0.195. The van der Waals surface area contributed by atoms with Gasteiger partial charge in [-0.15, -0.1) is 0 Å². The zero-order valence-corrected chi connectivity index (χ0v) is 23.4. The van der Waals surface area contributed by atoms with E-state index in [1.165, 1.54) is 14.2 Å². The van der Waals surface area contributed by atoms with Gasteiger partial charge in [-0.05, 0) is 47.9 Å². The van der Waals surface area contributed by atoms with Crippen LogP contribution in [0.15, 0.2) is 66.7 Å². The fourth-order valence-electron chi connectivity index (χ4n) is 4.01. The van der Waals surface area contributed by atoms with Crippen molar-refractivity contribution >= 4 is 23.6 Å². The molecule has 2 unspecified atom stereocenters. The molecule has 0 radical (unpaired) electrons. The molecule has 216 valence electrons. The van der Waals surface area contributed by atoms with Gasteiger partial charge in [0.1, 0.15) is 17.9 Å². The van der Waals surface area contributed by atoms with Gasteiger partial charge >= 0.3 is 5.97 Å². The number of methoxy groups -OCH3 is 3. The van der Waals surface area contributed by atoms with Crippen LogP contribution in [0, 0.1) is 5.41 Å². The monoisotopic (exact) mass is 561 g/mol. The summed E-state index contributed by atoms with van der Waals surface area (Å²) in [5, 5.41) is 16.4. The molecule has 0 spiro atoms.